The Morgan fingerprint density at radius 2 is 1.72 bits per heavy atom. The number of rotatable bonds is 6. The molecule has 8 rings (SSSR count). The molecule has 2 aromatic heterocycles. The van der Waals surface area contributed by atoms with Crippen LogP contribution in [0.15, 0.2) is 48.5 Å². The molecule has 1 amide bonds. The summed E-state index contributed by atoms with van der Waals surface area (Å²) >= 11 is 0. The Morgan fingerprint density at radius 3 is 2.49 bits per heavy atom. The van der Waals surface area contributed by atoms with Crippen LogP contribution in [0.3, 0.4) is 0 Å². The van der Waals surface area contributed by atoms with Crippen molar-refractivity contribution in [2.75, 3.05) is 6.61 Å². The topological polar surface area (TPSA) is 94.7 Å². The number of para-hydroxylation sites is 2. The summed E-state index contributed by atoms with van der Waals surface area (Å²) in [7, 11) is 0. The van der Waals surface area contributed by atoms with Crippen LogP contribution >= 0.6 is 0 Å². The lowest BCUT2D eigenvalue weighted by molar-refractivity contribution is -0.177. The number of esters is 1. The van der Waals surface area contributed by atoms with E-state index in [4.69, 9.17) is 9.47 Å². The zero-order chi connectivity index (χ0) is 26.5. The maximum atomic E-state index is 13.6. The SMILES string of the molecule is CCCCCCOC(=O)[C@@]1(O)C[C@H]2O[C@H]1n1c3ccccc3c3c4c(c5c6ccccc6n2c5c31)C(=O)NC4. The minimum Gasteiger partial charge on any atom is -0.463 e. The second kappa shape index (κ2) is 8.07. The molecule has 3 aliphatic heterocycles. The minimum absolute atomic E-state index is 0.0515. The summed E-state index contributed by atoms with van der Waals surface area (Å²) in [5.41, 5.74) is 3.31. The van der Waals surface area contributed by atoms with Gasteiger partial charge >= 0.3 is 5.97 Å². The number of aromatic nitrogens is 2. The number of amides is 1. The van der Waals surface area contributed by atoms with Gasteiger partial charge in [0.05, 0.1) is 34.2 Å². The zero-order valence-electron chi connectivity index (χ0n) is 21.7. The second-order valence-electron chi connectivity index (χ2n) is 11.0. The standard InChI is InChI=1S/C31H29N3O5/c1-2-3-4-9-14-38-30(36)31(37)15-22-33-20-12-7-6-11-18(20)24-25-19(16-32-28(25)35)23-17-10-5-8-13-21(17)34(29(31)39-22)26(23)27(24)33/h5-8,10-13,22,29,37H,2-4,9,14-16H2,1H3,(H,32,35)/t22-,29-,31-/m1/s1. The van der Waals surface area contributed by atoms with E-state index in [-0.39, 0.29) is 18.9 Å². The van der Waals surface area contributed by atoms with Crippen LogP contribution in [0.2, 0.25) is 0 Å². The van der Waals surface area contributed by atoms with Gasteiger partial charge in [-0.05, 0) is 24.1 Å². The van der Waals surface area contributed by atoms with Crippen molar-refractivity contribution in [1.29, 1.82) is 0 Å². The largest absolute Gasteiger partial charge is 0.463 e. The summed E-state index contributed by atoms with van der Waals surface area (Å²) in [6, 6.07) is 15.9. The number of fused-ring (bicyclic) bond motifs is 13. The van der Waals surface area contributed by atoms with E-state index < -0.39 is 24.0 Å². The summed E-state index contributed by atoms with van der Waals surface area (Å²) in [6.45, 7) is 2.83. The van der Waals surface area contributed by atoms with E-state index >= 15 is 0 Å². The van der Waals surface area contributed by atoms with Crippen molar-refractivity contribution in [3.8, 4) is 0 Å². The highest BCUT2D eigenvalue weighted by Crippen LogP contribution is 2.55. The number of carbonyl (C=O) groups excluding carboxylic acids is 2. The molecule has 1 fully saturated rings. The maximum absolute atomic E-state index is 13.6. The Bertz CT molecular complexity index is 1870. The van der Waals surface area contributed by atoms with Gasteiger partial charge in [0.1, 0.15) is 6.23 Å². The number of carbonyl (C=O) groups is 2. The Kier molecular flexibility index (Phi) is 4.77. The Balaban J connectivity index is 1.44. The molecular weight excluding hydrogens is 494 g/mol. The molecule has 3 atom stereocenters. The summed E-state index contributed by atoms with van der Waals surface area (Å²) in [6.07, 6.45) is 2.38. The van der Waals surface area contributed by atoms with Crippen LogP contribution in [-0.2, 0) is 20.8 Å². The molecule has 1 saturated heterocycles. The number of nitrogens with one attached hydrogen (secondary N) is 1. The maximum Gasteiger partial charge on any atom is 0.343 e. The first-order valence-electron chi connectivity index (χ1n) is 13.9. The van der Waals surface area contributed by atoms with Crippen molar-refractivity contribution >= 4 is 55.5 Å². The number of ether oxygens (including phenoxy) is 2. The third-order valence-electron chi connectivity index (χ3n) is 8.84. The average Bonchev–Trinajstić information content (AvgIpc) is 3.65. The highest BCUT2D eigenvalue weighted by molar-refractivity contribution is 6.31. The van der Waals surface area contributed by atoms with Crippen LogP contribution < -0.4 is 5.32 Å². The highest BCUT2D eigenvalue weighted by atomic mass is 16.6. The summed E-state index contributed by atoms with van der Waals surface area (Å²) in [5, 5.41) is 18.9. The molecule has 0 aliphatic carbocycles. The molecule has 5 aromatic rings. The highest BCUT2D eigenvalue weighted by Gasteiger charge is 2.58. The predicted octanol–water partition coefficient (Wildman–Crippen LogP) is 5.43. The molecule has 3 aromatic carbocycles. The van der Waals surface area contributed by atoms with Gasteiger partial charge in [0, 0.05) is 34.5 Å². The van der Waals surface area contributed by atoms with Crippen LogP contribution in [0.5, 0.6) is 0 Å². The monoisotopic (exact) mass is 523 g/mol. The lowest BCUT2D eigenvalue weighted by Crippen LogP contribution is -2.45. The van der Waals surface area contributed by atoms with Crippen molar-refractivity contribution in [2.24, 2.45) is 0 Å². The van der Waals surface area contributed by atoms with Gasteiger partial charge in [-0.15, -0.1) is 0 Å². The Labute approximate surface area is 224 Å². The lowest BCUT2D eigenvalue weighted by Gasteiger charge is -2.28. The Hall–Kier alpha value is -3.88. The van der Waals surface area contributed by atoms with Gasteiger partial charge in [0.2, 0.25) is 5.60 Å². The summed E-state index contributed by atoms with van der Waals surface area (Å²) < 4.78 is 16.4. The van der Waals surface area contributed by atoms with Crippen LogP contribution in [0.1, 0.15) is 67.4 Å². The zero-order valence-corrected chi connectivity index (χ0v) is 21.7. The van der Waals surface area contributed by atoms with E-state index in [0.717, 1.165) is 74.9 Å². The van der Waals surface area contributed by atoms with Crippen LogP contribution in [0.4, 0.5) is 0 Å². The van der Waals surface area contributed by atoms with E-state index in [1.54, 1.807) is 0 Å². The second-order valence-corrected chi connectivity index (χ2v) is 11.0. The summed E-state index contributed by atoms with van der Waals surface area (Å²) in [4.78, 5) is 26.9. The van der Waals surface area contributed by atoms with Crippen molar-refractivity contribution in [1.82, 2.24) is 14.5 Å². The van der Waals surface area contributed by atoms with Crippen LogP contribution in [-0.4, -0.2) is 38.3 Å². The van der Waals surface area contributed by atoms with Crippen LogP contribution in [0, 0.1) is 0 Å². The van der Waals surface area contributed by atoms with Gasteiger partial charge < -0.3 is 29.0 Å². The van der Waals surface area contributed by atoms with Gasteiger partial charge in [0.15, 0.2) is 6.23 Å². The number of aliphatic hydroxyl groups is 1. The summed E-state index contributed by atoms with van der Waals surface area (Å²) in [5.74, 6) is -0.725. The number of hydrogen-bond donors (Lipinski definition) is 2. The van der Waals surface area contributed by atoms with E-state index in [2.05, 4.69) is 16.8 Å². The first-order chi connectivity index (χ1) is 19.0. The van der Waals surface area contributed by atoms with Gasteiger partial charge in [0.25, 0.3) is 5.91 Å². The third-order valence-corrected chi connectivity index (χ3v) is 8.84. The average molecular weight is 524 g/mol. The quantitative estimate of drug-likeness (QED) is 0.229. The molecule has 8 nitrogen and oxygen atoms in total. The minimum atomic E-state index is -1.87. The molecule has 0 unspecified atom stereocenters. The number of unbranched alkanes of at least 4 members (excludes halogenated alkanes) is 3. The van der Waals surface area contributed by atoms with Gasteiger partial charge in [-0.3, -0.25) is 4.79 Å². The molecule has 8 heteroatoms. The Morgan fingerprint density at radius 1 is 1.03 bits per heavy atom. The van der Waals surface area contributed by atoms with Crippen LogP contribution in [0.25, 0.3) is 43.6 Å². The van der Waals surface area contributed by atoms with E-state index in [9.17, 15) is 14.7 Å². The molecule has 0 saturated carbocycles. The first kappa shape index (κ1) is 23.0. The van der Waals surface area contributed by atoms with Gasteiger partial charge in [-0.2, -0.15) is 0 Å². The molecule has 5 heterocycles. The smallest absolute Gasteiger partial charge is 0.343 e. The van der Waals surface area contributed by atoms with Gasteiger partial charge in [-0.25, -0.2) is 4.79 Å². The lowest BCUT2D eigenvalue weighted by atomic mass is 9.95. The van der Waals surface area contributed by atoms with E-state index in [1.165, 1.54) is 0 Å². The molecule has 2 bridgehead atoms. The molecule has 0 radical (unpaired) electrons. The van der Waals surface area contributed by atoms with Crippen molar-refractivity contribution in [2.45, 2.75) is 63.6 Å². The van der Waals surface area contributed by atoms with E-state index in [1.807, 2.05) is 53.1 Å². The number of benzene rings is 3. The van der Waals surface area contributed by atoms with Crippen molar-refractivity contribution < 1.29 is 24.2 Å². The predicted molar refractivity (Wildman–Crippen MR) is 147 cm³/mol. The molecule has 2 N–H and O–H groups in total. The molecule has 39 heavy (non-hydrogen) atoms. The fourth-order valence-electron chi connectivity index (χ4n) is 7.16. The number of nitrogens with zero attached hydrogens (tertiary/aromatic N) is 2. The number of hydrogen-bond acceptors (Lipinski definition) is 5. The van der Waals surface area contributed by atoms with Crippen molar-refractivity contribution in [3.63, 3.8) is 0 Å². The molecule has 0 spiro atoms. The van der Waals surface area contributed by atoms with Gasteiger partial charge in [-0.1, -0.05) is 62.6 Å². The molecular formula is C31H29N3O5. The van der Waals surface area contributed by atoms with Crippen molar-refractivity contribution in [3.05, 3.63) is 59.7 Å². The third kappa shape index (κ3) is 2.85. The normalized spacial score (nSPS) is 23.3. The fourth-order valence-corrected chi connectivity index (χ4v) is 7.16. The fraction of sp³-hybridized carbons (Fsp3) is 0.355. The first-order valence-corrected chi connectivity index (χ1v) is 13.9. The molecule has 3 aliphatic rings. The van der Waals surface area contributed by atoms with E-state index in [0.29, 0.717) is 12.1 Å². The molecule has 198 valence electrons.